The number of nitro groups is 1. The van der Waals surface area contributed by atoms with Gasteiger partial charge in [0.2, 0.25) is 0 Å². The molecule has 0 saturated carbocycles. The van der Waals surface area contributed by atoms with E-state index < -0.39 is 28.8 Å². The molecule has 0 aliphatic carbocycles. The van der Waals surface area contributed by atoms with E-state index in [9.17, 15) is 14.9 Å². The van der Waals surface area contributed by atoms with Gasteiger partial charge in [0.25, 0.3) is 5.69 Å². The molecule has 1 saturated heterocycles. The summed E-state index contributed by atoms with van der Waals surface area (Å²) >= 11 is 0. The number of hydrogen-bond acceptors (Lipinski definition) is 7. The molecule has 2 aromatic carbocycles. The lowest BCUT2D eigenvalue weighted by Gasteiger charge is -2.36. The Hall–Kier alpha value is -3.13. The molecular weight excluding hydrogens is 376 g/mol. The molecule has 2 atom stereocenters. The topological polar surface area (TPSA) is 91.1 Å². The molecule has 0 amide bonds. The molecule has 8 heteroatoms. The Morgan fingerprint density at radius 3 is 2.31 bits per heavy atom. The molecule has 0 spiro atoms. The molecule has 29 heavy (non-hydrogen) atoms. The van der Waals surface area contributed by atoms with Gasteiger partial charge in [-0.3, -0.25) is 10.1 Å². The lowest BCUT2D eigenvalue weighted by Crippen LogP contribution is -2.40. The van der Waals surface area contributed by atoms with Crippen molar-refractivity contribution in [1.29, 1.82) is 0 Å². The average Bonchev–Trinajstić information content (AvgIpc) is 2.99. The minimum atomic E-state index is -0.881. The van der Waals surface area contributed by atoms with Crippen LogP contribution in [0.15, 0.2) is 48.5 Å². The zero-order chi connectivity index (χ0) is 21.2. The summed E-state index contributed by atoms with van der Waals surface area (Å²) in [6, 6.07) is 13.1. The van der Waals surface area contributed by atoms with Gasteiger partial charge in [0.15, 0.2) is 6.10 Å². The van der Waals surface area contributed by atoms with Crippen LogP contribution >= 0.6 is 0 Å². The third-order valence-corrected chi connectivity index (χ3v) is 4.88. The van der Waals surface area contributed by atoms with Crippen molar-refractivity contribution in [3.63, 3.8) is 0 Å². The van der Waals surface area contributed by atoms with Crippen LogP contribution in [0, 0.1) is 10.1 Å². The van der Waals surface area contributed by atoms with Gasteiger partial charge in [-0.05, 0) is 50.6 Å². The fourth-order valence-corrected chi connectivity index (χ4v) is 3.64. The molecule has 154 valence electrons. The second-order valence-corrected chi connectivity index (χ2v) is 7.10. The van der Waals surface area contributed by atoms with Crippen molar-refractivity contribution in [2.45, 2.75) is 38.6 Å². The number of non-ortho nitro benzene ring substituents is 1. The monoisotopic (exact) mass is 400 g/mol. The Morgan fingerprint density at radius 2 is 1.79 bits per heavy atom. The lowest BCUT2D eigenvalue weighted by molar-refractivity contribution is -0.384. The average molecular weight is 400 g/mol. The zero-order valence-electron chi connectivity index (χ0n) is 16.8. The standard InChI is InChI=1S/C21H24N2O6/c1-5-28-20(24)19-18(14-6-8-16(9-7-14)23(25)26)22(21(2,3)29-19)15-10-12-17(27-4)13-11-15/h6-13,18-19H,5H2,1-4H3. The Bertz CT molecular complexity index is 879. The molecule has 1 heterocycles. The molecule has 0 radical (unpaired) electrons. The highest BCUT2D eigenvalue weighted by Crippen LogP contribution is 2.45. The summed E-state index contributed by atoms with van der Waals surface area (Å²) in [6.07, 6.45) is -0.881. The highest BCUT2D eigenvalue weighted by Gasteiger charge is 2.51. The first kappa shape index (κ1) is 20.6. The fourth-order valence-electron chi connectivity index (χ4n) is 3.64. The molecule has 3 rings (SSSR count). The molecule has 0 aromatic heterocycles. The molecule has 1 aliphatic rings. The van der Waals surface area contributed by atoms with E-state index in [4.69, 9.17) is 14.2 Å². The number of ether oxygens (including phenoxy) is 3. The Balaban J connectivity index is 2.08. The van der Waals surface area contributed by atoms with Gasteiger partial charge >= 0.3 is 5.97 Å². The first-order chi connectivity index (χ1) is 13.8. The second-order valence-electron chi connectivity index (χ2n) is 7.10. The van der Waals surface area contributed by atoms with Crippen LogP contribution in [0.3, 0.4) is 0 Å². The molecule has 2 unspecified atom stereocenters. The van der Waals surface area contributed by atoms with E-state index in [1.165, 1.54) is 12.1 Å². The number of carbonyl (C=O) groups is 1. The van der Waals surface area contributed by atoms with Gasteiger partial charge in [-0.1, -0.05) is 12.1 Å². The smallest absolute Gasteiger partial charge is 0.337 e. The number of rotatable bonds is 6. The summed E-state index contributed by atoms with van der Waals surface area (Å²) in [5.74, 6) is 0.237. The molecule has 0 N–H and O–H groups in total. The van der Waals surface area contributed by atoms with Crippen LogP contribution in [0.1, 0.15) is 32.4 Å². The predicted octanol–water partition coefficient (Wildman–Crippen LogP) is 3.85. The second kappa shape index (κ2) is 8.08. The van der Waals surface area contributed by atoms with Crippen molar-refractivity contribution in [2.75, 3.05) is 18.6 Å². The minimum absolute atomic E-state index is 0.0180. The van der Waals surface area contributed by atoms with Gasteiger partial charge in [-0.15, -0.1) is 0 Å². The van der Waals surface area contributed by atoms with Crippen LogP contribution in [0.5, 0.6) is 5.75 Å². The summed E-state index contributed by atoms with van der Waals surface area (Å²) in [7, 11) is 1.59. The number of esters is 1. The largest absolute Gasteiger partial charge is 0.497 e. The molecule has 1 aliphatic heterocycles. The molecule has 0 bridgehead atoms. The maximum Gasteiger partial charge on any atom is 0.337 e. The van der Waals surface area contributed by atoms with Crippen LogP contribution < -0.4 is 9.64 Å². The lowest BCUT2D eigenvalue weighted by atomic mass is 9.98. The van der Waals surface area contributed by atoms with E-state index >= 15 is 0 Å². The minimum Gasteiger partial charge on any atom is -0.497 e. The maximum absolute atomic E-state index is 12.7. The van der Waals surface area contributed by atoms with E-state index in [-0.39, 0.29) is 12.3 Å². The van der Waals surface area contributed by atoms with Gasteiger partial charge in [-0.25, -0.2) is 4.79 Å². The Labute approximate surface area is 169 Å². The van der Waals surface area contributed by atoms with Crippen molar-refractivity contribution in [1.82, 2.24) is 0 Å². The van der Waals surface area contributed by atoms with Crippen molar-refractivity contribution < 1.29 is 23.9 Å². The zero-order valence-corrected chi connectivity index (χ0v) is 16.8. The summed E-state index contributed by atoms with van der Waals surface area (Å²) in [6.45, 7) is 5.71. The highest BCUT2D eigenvalue weighted by molar-refractivity contribution is 5.78. The summed E-state index contributed by atoms with van der Waals surface area (Å²) in [5.41, 5.74) is 0.704. The van der Waals surface area contributed by atoms with Crippen LogP contribution in [0.2, 0.25) is 0 Å². The van der Waals surface area contributed by atoms with Crippen LogP contribution in [0.25, 0.3) is 0 Å². The number of anilines is 1. The number of benzene rings is 2. The van der Waals surface area contributed by atoms with Crippen molar-refractivity contribution >= 4 is 17.3 Å². The van der Waals surface area contributed by atoms with E-state index in [1.54, 1.807) is 26.2 Å². The van der Waals surface area contributed by atoms with Crippen LogP contribution in [-0.4, -0.2) is 36.4 Å². The third-order valence-electron chi connectivity index (χ3n) is 4.88. The van der Waals surface area contributed by atoms with Crippen molar-refractivity contribution in [2.24, 2.45) is 0 Å². The molecular formula is C21H24N2O6. The van der Waals surface area contributed by atoms with E-state index in [0.717, 1.165) is 11.3 Å². The number of carbonyl (C=O) groups excluding carboxylic acids is 1. The van der Waals surface area contributed by atoms with Gasteiger partial charge < -0.3 is 19.1 Å². The number of nitrogens with zero attached hydrogens (tertiary/aromatic N) is 2. The van der Waals surface area contributed by atoms with Gasteiger partial charge in [0.1, 0.15) is 11.5 Å². The Morgan fingerprint density at radius 1 is 1.17 bits per heavy atom. The highest BCUT2D eigenvalue weighted by atomic mass is 16.6. The predicted molar refractivity (Wildman–Crippen MR) is 107 cm³/mol. The van der Waals surface area contributed by atoms with Crippen molar-refractivity contribution in [3.05, 3.63) is 64.2 Å². The Kier molecular flexibility index (Phi) is 5.74. The maximum atomic E-state index is 12.7. The third kappa shape index (κ3) is 4.02. The van der Waals surface area contributed by atoms with E-state index in [0.29, 0.717) is 5.75 Å². The summed E-state index contributed by atoms with van der Waals surface area (Å²) in [4.78, 5) is 25.2. The van der Waals surface area contributed by atoms with Gasteiger partial charge in [0, 0.05) is 17.8 Å². The number of methoxy groups -OCH3 is 1. The van der Waals surface area contributed by atoms with Gasteiger partial charge in [-0.2, -0.15) is 0 Å². The van der Waals surface area contributed by atoms with Gasteiger partial charge in [0.05, 0.1) is 24.7 Å². The molecule has 1 fully saturated rings. The quantitative estimate of drug-likeness (QED) is 0.413. The first-order valence-electron chi connectivity index (χ1n) is 9.30. The molecule has 8 nitrogen and oxygen atoms in total. The first-order valence-corrected chi connectivity index (χ1v) is 9.30. The summed E-state index contributed by atoms with van der Waals surface area (Å²) < 4.78 is 16.6. The number of nitro benzene ring substituents is 1. The number of hydrogen-bond donors (Lipinski definition) is 0. The van der Waals surface area contributed by atoms with E-state index in [2.05, 4.69) is 0 Å². The molecule has 2 aromatic rings. The SMILES string of the molecule is CCOC(=O)C1OC(C)(C)N(c2ccc(OC)cc2)C1c1ccc([N+](=O)[O-])cc1. The van der Waals surface area contributed by atoms with Crippen LogP contribution in [0.4, 0.5) is 11.4 Å². The van der Waals surface area contributed by atoms with Crippen molar-refractivity contribution in [3.8, 4) is 5.75 Å². The summed E-state index contributed by atoms with van der Waals surface area (Å²) in [5, 5.41) is 11.0. The van der Waals surface area contributed by atoms with E-state index in [1.807, 2.05) is 43.0 Å². The fraction of sp³-hybridized carbons (Fsp3) is 0.381. The van der Waals surface area contributed by atoms with Crippen LogP contribution in [-0.2, 0) is 14.3 Å². The normalized spacial score (nSPS) is 20.3.